The molecule has 8 rings (SSSR count). The van der Waals surface area contributed by atoms with Gasteiger partial charge in [0.25, 0.3) is 0 Å². The minimum Gasteiger partial charge on any atom is -0.458 e. The highest BCUT2D eigenvalue weighted by atomic mass is 16.8. The molecule has 8 aliphatic rings. The maximum atomic E-state index is 13.3. The normalized spacial score (nSPS) is 55.0. The van der Waals surface area contributed by atoms with Crippen LogP contribution in [-0.4, -0.2) is 175 Å². The zero-order chi connectivity index (χ0) is 40.9. The van der Waals surface area contributed by atoms with Gasteiger partial charge < -0.3 is 83.9 Å². The summed E-state index contributed by atoms with van der Waals surface area (Å²) >= 11 is 0. The van der Waals surface area contributed by atoms with Gasteiger partial charge in [-0.15, -0.1) is 0 Å². The first-order chi connectivity index (χ1) is 26.9. The highest BCUT2D eigenvalue weighted by molar-refractivity contribution is 5.85. The lowest BCUT2D eigenvalue weighted by Gasteiger charge is -2.65. The number of hydrogen-bond donors (Lipinski definition) is 9. The number of aliphatic hydroxyl groups excluding tert-OH is 6. The monoisotopic (exact) mass is 814 g/mol. The number of esters is 1. The molecule has 0 aromatic carbocycles. The van der Waals surface area contributed by atoms with Gasteiger partial charge in [-0.05, 0) is 81.6 Å². The van der Waals surface area contributed by atoms with Crippen LogP contribution in [0.25, 0.3) is 0 Å². The van der Waals surface area contributed by atoms with Gasteiger partial charge in [-0.25, -0.2) is 4.79 Å². The molecule has 20 unspecified atom stereocenters. The third kappa shape index (κ3) is 6.48. The Labute approximate surface area is 329 Å². The topological polar surface area (TPSA) is 281 Å². The maximum Gasteiger partial charge on any atom is 0.331 e. The Bertz CT molecular complexity index is 1560. The number of rotatable bonds is 9. The molecule has 20 atom stereocenters. The Morgan fingerprint density at radius 2 is 1.58 bits per heavy atom. The molecule has 0 spiro atoms. The van der Waals surface area contributed by atoms with Crippen LogP contribution in [0.15, 0.2) is 11.6 Å². The summed E-state index contributed by atoms with van der Waals surface area (Å²) in [7, 11) is 0. The van der Waals surface area contributed by atoms with Crippen molar-refractivity contribution in [3.63, 3.8) is 0 Å². The van der Waals surface area contributed by atoms with E-state index in [1.807, 2.05) is 0 Å². The van der Waals surface area contributed by atoms with E-state index >= 15 is 0 Å². The predicted octanol–water partition coefficient (Wildman–Crippen LogP) is -2.32. The van der Waals surface area contributed by atoms with E-state index in [2.05, 4.69) is 6.92 Å². The van der Waals surface area contributed by atoms with Crippen molar-refractivity contribution in [2.24, 2.45) is 28.6 Å². The maximum absolute atomic E-state index is 13.3. The van der Waals surface area contributed by atoms with Crippen molar-refractivity contribution in [2.45, 2.75) is 162 Å². The average molecular weight is 815 g/mol. The predicted molar refractivity (Wildman–Crippen MR) is 188 cm³/mol. The van der Waals surface area contributed by atoms with Crippen LogP contribution < -0.4 is 0 Å². The number of fused-ring (bicyclic) bond motifs is 5. The molecule has 4 aliphatic carbocycles. The molecule has 4 aliphatic heterocycles. The molecule has 0 aromatic rings. The third-order valence-corrected chi connectivity index (χ3v) is 15.5. The van der Waals surface area contributed by atoms with Crippen molar-refractivity contribution in [3.8, 4) is 0 Å². The smallest absolute Gasteiger partial charge is 0.331 e. The van der Waals surface area contributed by atoms with Gasteiger partial charge in [0.2, 0.25) is 0 Å². The van der Waals surface area contributed by atoms with Crippen molar-refractivity contribution >= 4 is 12.3 Å². The minimum absolute atomic E-state index is 0.0144. The standard InChI is InChI=1S/C39H58O18/c1-18-29(56-32-28(46)30(24(42)14-52-32)57-34-31(47)37(48,16-41)17-53-34)26(44)27(45)33(54-18)55-20-3-8-36(15-40)22-4-7-35(2)21(19-11-25(43)51-13-19)6-10-39(35,50)23(22)5-9-38(36,49)12-20/h11,15,18,20-24,26-34,41-42,44-50H,3-10,12-14,16-17H2,1-2H3. The Hall–Kier alpha value is -1.72. The van der Waals surface area contributed by atoms with Gasteiger partial charge >= 0.3 is 5.97 Å². The van der Waals surface area contributed by atoms with Crippen molar-refractivity contribution in [2.75, 3.05) is 26.4 Å². The number of carbonyl (C=O) groups excluding carboxylic acids is 2. The molecule has 18 nitrogen and oxygen atoms in total. The number of carbonyl (C=O) groups is 2. The second-order valence-corrected chi connectivity index (χ2v) is 18.3. The molecule has 4 heterocycles. The minimum atomic E-state index is -2.00. The summed E-state index contributed by atoms with van der Waals surface area (Å²) < 4.78 is 39.7. The van der Waals surface area contributed by atoms with E-state index in [1.165, 1.54) is 0 Å². The SMILES string of the molecule is CC1OC(OC2CCC3(C=O)C4CCC5(C)C(C6=CC(=O)OC6)CCC5(O)C4CCC3(O)C2)C(O)C(O)C1OC1OCC(O)C(OC2OCC(O)(CO)C2O)C1O. The van der Waals surface area contributed by atoms with Crippen molar-refractivity contribution < 1.29 is 88.7 Å². The molecule has 4 saturated carbocycles. The fourth-order valence-electron chi connectivity index (χ4n) is 12.2. The Kier molecular flexibility index (Phi) is 11.1. The second-order valence-electron chi connectivity index (χ2n) is 18.3. The summed E-state index contributed by atoms with van der Waals surface area (Å²) in [4.78, 5) is 25.2. The molecule has 0 bridgehead atoms. The van der Waals surface area contributed by atoms with Crippen LogP contribution in [0.3, 0.4) is 0 Å². The zero-order valence-electron chi connectivity index (χ0n) is 32.2. The molecule has 18 heteroatoms. The lowest BCUT2D eigenvalue weighted by atomic mass is 9.41. The molecule has 57 heavy (non-hydrogen) atoms. The lowest BCUT2D eigenvalue weighted by Crippen LogP contribution is -2.69. The van der Waals surface area contributed by atoms with E-state index < -0.39 is 121 Å². The van der Waals surface area contributed by atoms with Crippen LogP contribution in [0.2, 0.25) is 0 Å². The Balaban J connectivity index is 0.899. The fourth-order valence-corrected chi connectivity index (χ4v) is 12.2. The van der Waals surface area contributed by atoms with Crippen molar-refractivity contribution in [1.82, 2.24) is 0 Å². The summed E-state index contributed by atoms with van der Waals surface area (Å²) in [5, 5.41) is 99.1. The van der Waals surface area contributed by atoms with Gasteiger partial charge in [0.1, 0.15) is 61.2 Å². The number of hydrogen-bond acceptors (Lipinski definition) is 18. The molecular formula is C39H58O18. The van der Waals surface area contributed by atoms with Crippen LogP contribution in [0, 0.1) is 28.6 Å². The zero-order valence-corrected chi connectivity index (χ0v) is 32.2. The Morgan fingerprint density at radius 3 is 2.26 bits per heavy atom. The molecule has 0 amide bonds. The fraction of sp³-hybridized carbons (Fsp3) is 0.897. The number of ether oxygens (including phenoxy) is 7. The highest BCUT2D eigenvalue weighted by Crippen LogP contribution is 2.70. The third-order valence-electron chi connectivity index (χ3n) is 15.5. The van der Waals surface area contributed by atoms with Gasteiger partial charge in [-0.3, -0.25) is 0 Å². The van der Waals surface area contributed by atoms with Crippen LogP contribution in [0.5, 0.6) is 0 Å². The Morgan fingerprint density at radius 1 is 0.842 bits per heavy atom. The molecule has 7 fully saturated rings. The van der Waals surface area contributed by atoms with Gasteiger partial charge in [-0.2, -0.15) is 0 Å². The molecule has 322 valence electrons. The number of aliphatic hydroxyl groups is 9. The lowest BCUT2D eigenvalue weighted by molar-refractivity contribution is -0.358. The van der Waals surface area contributed by atoms with Crippen LogP contribution in [0.1, 0.15) is 71.6 Å². The first kappa shape index (κ1) is 42.0. The van der Waals surface area contributed by atoms with Gasteiger partial charge in [0, 0.05) is 17.9 Å². The van der Waals surface area contributed by atoms with E-state index in [-0.39, 0.29) is 49.6 Å². The first-order valence-electron chi connectivity index (χ1n) is 20.3. The van der Waals surface area contributed by atoms with E-state index in [0.717, 1.165) is 11.9 Å². The summed E-state index contributed by atoms with van der Waals surface area (Å²) in [6.07, 6.45) is -10.4. The quantitative estimate of drug-likeness (QED) is 0.0671. The first-order valence-corrected chi connectivity index (χ1v) is 20.3. The number of aldehydes is 1. The van der Waals surface area contributed by atoms with Crippen molar-refractivity contribution in [3.05, 3.63) is 11.6 Å². The summed E-state index contributed by atoms with van der Waals surface area (Å²) in [5.41, 5.74) is -5.29. The molecular weight excluding hydrogens is 756 g/mol. The van der Waals surface area contributed by atoms with E-state index in [0.29, 0.717) is 38.5 Å². The van der Waals surface area contributed by atoms with E-state index in [4.69, 9.17) is 33.2 Å². The van der Waals surface area contributed by atoms with Crippen molar-refractivity contribution in [1.29, 1.82) is 0 Å². The van der Waals surface area contributed by atoms with Crippen LogP contribution in [-0.2, 0) is 42.7 Å². The van der Waals surface area contributed by atoms with Crippen LogP contribution in [0.4, 0.5) is 0 Å². The average Bonchev–Trinajstić information content (AvgIpc) is 3.82. The number of cyclic esters (lactones) is 1. The van der Waals surface area contributed by atoms with Crippen LogP contribution >= 0.6 is 0 Å². The van der Waals surface area contributed by atoms with Gasteiger partial charge in [0.15, 0.2) is 18.9 Å². The van der Waals surface area contributed by atoms with Gasteiger partial charge in [0.05, 0.1) is 48.6 Å². The molecule has 0 aromatic heterocycles. The largest absolute Gasteiger partial charge is 0.458 e. The summed E-state index contributed by atoms with van der Waals surface area (Å²) in [6, 6.07) is 0. The molecule has 0 radical (unpaired) electrons. The molecule has 9 N–H and O–H groups in total. The highest BCUT2D eigenvalue weighted by Gasteiger charge is 2.72. The van der Waals surface area contributed by atoms with E-state index in [9.17, 15) is 55.5 Å². The molecule has 3 saturated heterocycles. The summed E-state index contributed by atoms with van der Waals surface area (Å²) in [6.45, 7) is 2.20. The van der Waals surface area contributed by atoms with Gasteiger partial charge in [-0.1, -0.05) is 6.92 Å². The summed E-state index contributed by atoms with van der Waals surface area (Å²) in [5.74, 6) is -0.886. The second kappa shape index (κ2) is 15.0. The van der Waals surface area contributed by atoms with E-state index in [1.54, 1.807) is 13.0 Å².